The zero-order valence-electron chi connectivity index (χ0n) is 16.4. The van der Waals surface area contributed by atoms with Gasteiger partial charge in [-0.2, -0.15) is 0 Å². The van der Waals surface area contributed by atoms with Crippen LogP contribution in [0.2, 0.25) is 0 Å². The Morgan fingerprint density at radius 2 is 1.75 bits per heavy atom. The summed E-state index contributed by atoms with van der Waals surface area (Å²) < 4.78 is 0. The first-order valence-corrected chi connectivity index (χ1v) is 10.1. The quantitative estimate of drug-likeness (QED) is 0.775. The van der Waals surface area contributed by atoms with Crippen LogP contribution in [0.4, 0.5) is 5.69 Å². The van der Waals surface area contributed by atoms with E-state index < -0.39 is 0 Å². The highest BCUT2D eigenvalue weighted by atomic mass is 16.2. The van der Waals surface area contributed by atoms with Crippen molar-refractivity contribution in [2.75, 3.05) is 18.4 Å². The summed E-state index contributed by atoms with van der Waals surface area (Å²) in [7, 11) is 0. The molecule has 148 valence electrons. The van der Waals surface area contributed by atoms with Crippen LogP contribution in [0.3, 0.4) is 0 Å². The Morgan fingerprint density at radius 1 is 1.07 bits per heavy atom. The highest BCUT2D eigenvalue weighted by Gasteiger charge is 2.32. The molecule has 2 N–H and O–H groups in total. The van der Waals surface area contributed by atoms with E-state index in [4.69, 9.17) is 0 Å². The first-order valence-electron chi connectivity index (χ1n) is 10.1. The van der Waals surface area contributed by atoms with Crippen LogP contribution >= 0.6 is 0 Å². The van der Waals surface area contributed by atoms with E-state index in [2.05, 4.69) is 15.5 Å². The lowest BCUT2D eigenvalue weighted by Crippen LogP contribution is -2.51. The SMILES string of the molecule is CC[C@H](C(=O)NCc1ccccc1)N1CCC[C@@H](C(=O)Nc2ccccc2)C1. The van der Waals surface area contributed by atoms with Crippen molar-refractivity contribution in [2.24, 2.45) is 5.92 Å². The van der Waals surface area contributed by atoms with Crippen molar-refractivity contribution in [3.05, 3.63) is 66.2 Å². The summed E-state index contributed by atoms with van der Waals surface area (Å²) in [5, 5.41) is 6.05. The molecule has 2 aromatic rings. The number of piperidine rings is 1. The van der Waals surface area contributed by atoms with Crippen LogP contribution in [-0.2, 0) is 16.1 Å². The van der Waals surface area contributed by atoms with Gasteiger partial charge in [-0.15, -0.1) is 0 Å². The predicted octanol–water partition coefficient (Wildman–Crippen LogP) is 3.43. The number of likely N-dealkylation sites (tertiary alicyclic amines) is 1. The third kappa shape index (κ3) is 5.42. The number of carbonyl (C=O) groups excluding carboxylic acids is 2. The molecule has 0 spiro atoms. The van der Waals surface area contributed by atoms with E-state index in [-0.39, 0.29) is 23.8 Å². The van der Waals surface area contributed by atoms with Gasteiger partial charge in [0.05, 0.1) is 12.0 Å². The summed E-state index contributed by atoms with van der Waals surface area (Å²) in [5.41, 5.74) is 1.90. The molecule has 1 aliphatic rings. The molecule has 5 heteroatoms. The first kappa shape index (κ1) is 20.1. The molecular weight excluding hydrogens is 350 g/mol. The van der Waals surface area contributed by atoms with Gasteiger partial charge in [0, 0.05) is 18.8 Å². The van der Waals surface area contributed by atoms with Crippen molar-refractivity contribution in [1.82, 2.24) is 10.2 Å². The molecule has 1 heterocycles. The molecule has 3 rings (SSSR count). The van der Waals surface area contributed by atoms with Crippen molar-refractivity contribution in [1.29, 1.82) is 0 Å². The van der Waals surface area contributed by atoms with Gasteiger partial charge in [-0.05, 0) is 43.5 Å². The third-order valence-corrected chi connectivity index (χ3v) is 5.30. The van der Waals surface area contributed by atoms with Gasteiger partial charge in [0.2, 0.25) is 11.8 Å². The molecule has 0 aliphatic carbocycles. The minimum atomic E-state index is -0.198. The maximum Gasteiger partial charge on any atom is 0.237 e. The van der Waals surface area contributed by atoms with Crippen LogP contribution in [0.5, 0.6) is 0 Å². The molecule has 0 bridgehead atoms. The fourth-order valence-corrected chi connectivity index (χ4v) is 3.78. The van der Waals surface area contributed by atoms with E-state index in [9.17, 15) is 9.59 Å². The minimum absolute atomic E-state index is 0.0375. The zero-order chi connectivity index (χ0) is 19.8. The highest BCUT2D eigenvalue weighted by molar-refractivity contribution is 5.92. The smallest absolute Gasteiger partial charge is 0.237 e. The number of anilines is 1. The van der Waals surface area contributed by atoms with Crippen molar-refractivity contribution >= 4 is 17.5 Å². The summed E-state index contributed by atoms with van der Waals surface area (Å²) in [6, 6.07) is 19.3. The Hall–Kier alpha value is -2.66. The second-order valence-electron chi connectivity index (χ2n) is 7.32. The van der Waals surface area contributed by atoms with Crippen LogP contribution in [0, 0.1) is 5.92 Å². The second kappa shape index (κ2) is 10.0. The summed E-state index contributed by atoms with van der Waals surface area (Å²) in [5.74, 6) is -0.0177. The van der Waals surface area contributed by atoms with Gasteiger partial charge in [-0.25, -0.2) is 0 Å². The van der Waals surface area contributed by atoms with Gasteiger partial charge in [-0.1, -0.05) is 55.5 Å². The van der Waals surface area contributed by atoms with E-state index in [1.165, 1.54) is 0 Å². The van der Waals surface area contributed by atoms with Crippen molar-refractivity contribution < 1.29 is 9.59 Å². The van der Waals surface area contributed by atoms with Gasteiger partial charge >= 0.3 is 0 Å². The second-order valence-corrected chi connectivity index (χ2v) is 7.32. The largest absolute Gasteiger partial charge is 0.351 e. The maximum atomic E-state index is 12.8. The number of carbonyl (C=O) groups is 2. The molecule has 0 aromatic heterocycles. The molecule has 28 heavy (non-hydrogen) atoms. The number of nitrogens with zero attached hydrogens (tertiary/aromatic N) is 1. The molecule has 2 atom stereocenters. The van der Waals surface area contributed by atoms with Crippen molar-refractivity contribution in [3.63, 3.8) is 0 Å². The Balaban J connectivity index is 1.56. The lowest BCUT2D eigenvalue weighted by molar-refractivity contribution is -0.130. The maximum absolute atomic E-state index is 12.8. The topological polar surface area (TPSA) is 61.4 Å². The average molecular weight is 380 g/mol. The number of hydrogen-bond acceptors (Lipinski definition) is 3. The molecule has 1 fully saturated rings. The molecule has 0 saturated carbocycles. The van der Waals surface area contributed by atoms with Crippen LogP contribution in [-0.4, -0.2) is 35.8 Å². The third-order valence-electron chi connectivity index (χ3n) is 5.30. The summed E-state index contributed by atoms with van der Waals surface area (Å²) >= 11 is 0. The molecule has 1 aliphatic heterocycles. The number of amides is 2. The van der Waals surface area contributed by atoms with E-state index in [1.807, 2.05) is 67.6 Å². The molecule has 1 saturated heterocycles. The summed E-state index contributed by atoms with van der Waals surface area (Å²) in [6.45, 7) is 4.03. The van der Waals surface area contributed by atoms with E-state index in [0.29, 0.717) is 13.1 Å². The van der Waals surface area contributed by atoms with Crippen LogP contribution < -0.4 is 10.6 Å². The monoisotopic (exact) mass is 379 g/mol. The number of rotatable bonds is 7. The molecule has 2 aromatic carbocycles. The van der Waals surface area contributed by atoms with Crippen LogP contribution in [0.1, 0.15) is 31.7 Å². The molecule has 0 radical (unpaired) electrons. The van der Waals surface area contributed by atoms with Gasteiger partial charge in [-0.3, -0.25) is 14.5 Å². The van der Waals surface area contributed by atoms with Crippen molar-refractivity contribution in [2.45, 2.75) is 38.8 Å². The van der Waals surface area contributed by atoms with Crippen LogP contribution in [0.15, 0.2) is 60.7 Å². The standard InChI is InChI=1S/C23H29N3O2/c1-2-21(23(28)24-16-18-10-5-3-6-11-18)26-15-9-12-19(17-26)22(27)25-20-13-7-4-8-14-20/h3-8,10-11,13-14,19,21H,2,9,12,15-17H2,1H3,(H,24,28)(H,25,27)/t19-,21-/m1/s1. The summed E-state index contributed by atoms with van der Waals surface area (Å²) in [4.78, 5) is 27.6. The van der Waals surface area contributed by atoms with Gasteiger partial charge in [0.1, 0.15) is 0 Å². The molecule has 5 nitrogen and oxygen atoms in total. The van der Waals surface area contributed by atoms with Gasteiger partial charge in [0.15, 0.2) is 0 Å². The Morgan fingerprint density at radius 3 is 2.43 bits per heavy atom. The Bertz CT molecular complexity index is 764. The highest BCUT2D eigenvalue weighted by Crippen LogP contribution is 2.21. The normalized spacial score (nSPS) is 18.2. The fourth-order valence-electron chi connectivity index (χ4n) is 3.78. The minimum Gasteiger partial charge on any atom is -0.351 e. The molecule has 0 unspecified atom stereocenters. The number of nitrogens with one attached hydrogen (secondary N) is 2. The van der Waals surface area contributed by atoms with Gasteiger partial charge in [0.25, 0.3) is 0 Å². The Labute approximate surface area is 167 Å². The average Bonchev–Trinajstić information content (AvgIpc) is 2.74. The van der Waals surface area contributed by atoms with Gasteiger partial charge < -0.3 is 10.6 Å². The van der Waals surface area contributed by atoms with E-state index >= 15 is 0 Å². The van der Waals surface area contributed by atoms with Crippen LogP contribution in [0.25, 0.3) is 0 Å². The first-order chi connectivity index (χ1) is 13.7. The van der Waals surface area contributed by atoms with E-state index in [1.54, 1.807) is 0 Å². The number of hydrogen-bond donors (Lipinski definition) is 2. The molecular formula is C23H29N3O2. The predicted molar refractivity (Wildman–Crippen MR) is 112 cm³/mol. The van der Waals surface area contributed by atoms with Crippen molar-refractivity contribution in [3.8, 4) is 0 Å². The fraction of sp³-hybridized carbons (Fsp3) is 0.391. The summed E-state index contributed by atoms with van der Waals surface area (Å²) in [6.07, 6.45) is 2.51. The molecule has 2 amide bonds. The van der Waals surface area contributed by atoms with E-state index in [0.717, 1.165) is 37.1 Å². The Kier molecular flexibility index (Phi) is 7.20. The lowest BCUT2D eigenvalue weighted by atomic mass is 9.95. The zero-order valence-corrected chi connectivity index (χ0v) is 16.4. The number of benzene rings is 2. The lowest BCUT2D eigenvalue weighted by Gasteiger charge is -2.36. The number of para-hydroxylation sites is 1.